The maximum Gasteiger partial charge on any atom is 0.178 e. The average Bonchev–Trinajstić information content (AvgIpc) is 3.33. The molecule has 2 aromatic rings. The number of piperazine rings is 1. The lowest BCUT2D eigenvalue weighted by Crippen LogP contribution is -2.47. The zero-order valence-corrected chi connectivity index (χ0v) is 18.7. The molecule has 2 aliphatic heterocycles. The molecule has 0 bridgehead atoms. The highest BCUT2D eigenvalue weighted by Crippen LogP contribution is 2.21. The first kappa shape index (κ1) is 21.3. The van der Waals surface area contributed by atoms with Crippen LogP contribution in [-0.4, -0.2) is 65.6 Å². The molecule has 2 aliphatic rings. The van der Waals surface area contributed by atoms with E-state index in [2.05, 4.69) is 65.5 Å². The Hall–Kier alpha value is -1.95. The lowest BCUT2D eigenvalue weighted by atomic mass is 10.1. The van der Waals surface area contributed by atoms with Crippen molar-refractivity contribution in [2.45, 2.75) is 52.8 Å². The Kier molecular flexibility index (Phi) is 6.71. The summed E-state index contributed by atoms with van der Waals surface area (Å²) >= 11 is 0. The van der Waals surface area contributed by atoms with Gasteiger partial charge in [0.25, 0.3) is 0 Å². The number of hydrogen-bond donors (Lipinski definition) is 0. The van der Waals surface area contributed by atoms with Crippen LogP contribution in [0.15, 0.2) is 30.3 Å². The summed E-state index contributed by atoms with van der Waals surface area (Å²) in [4.78, 5) is 17.8. The molecule has 1 atom stereocenters. The van der Waals surface area contributed by atoms with Crippen molar-refractivity contribution < 1.29 is 9.53 Å². The molecule has 30 heavy (non-hydrogen) atoms. The Morgan fingerprint density at radius 3 is 2.53 bits per heavy atom. The summed E-state index contributed by atoms with van der Waals surface area (Å²) in [6.45, 7) is 13.5. The molecule has 162 valence electrons. The Balaban J connectivity index is 1.30. The van der Waals surface area contributed by atoms with Crippen molar-refractivity contribution in [3.63, 3.8) is 0 Å². The van der Waals surface area contributed by atoms with Gasteiger partial charge in [-0.1, -0.05) is 29.8 Å². The fraction of sp³-hybridized carbons (Fsp3) is 0.560. The van der Waals surface area contributed by atoms with Crippen molar-refractivity contribution in [1.82, 2.24) is 14.4 Å². The zero-order valence-electron chi connectivity index (χ0n) is 18.7. The van der Waals surface area contributed by atoms with Crippen molar-refractivity contribution in [2.75, 3.05) is 39.3 Å². The number of benzene rings is 1. The number of ketones is 1. The van der Waals surface area contributed by atoms with E-state index in [1.54, 1.807) is 0 Å². The fourth-order valence-corrected chi connectivity index (χ4v) is 4.82. The second-order valence-electron chi connectivity index (χ2n) is 8.99. The van der Waals surface area contributed by atoms with E-state index in [-0.39, 0.29) is 5.78 Å². The van der Waals surface area contributed by atoms with E-state index in [0.29, 0.717) is 12.6 Å². The summed E-state index contributed by atoms with van der Waals surface area (Å²) in [5.41, 5.74) is 5.82. The van der Waals surface area contributed by atoms with Crippen LogP contribution in [0.1, 0.15) is 45.7 Å². The van der Waals surface area contributed by atoms with Gasteiger partial charge in [0.05, 0.1) is 12.6 Å². The molecular formula is C25H35N3O2. The molecule has 5 nitrogen and oxygen atoms in total. The van der Waals surface area contributed by atoms with Gasteiger partial charge in [0, 0.05) is 62.8 Å². The normalized spacial score (nSPS) is 20.7. The van der Waals surface area contributed by atoms with Crippen LogP contribution in [0.25, 0.3) is 0 Å². The summed E-state index contributed by atoms with van der Waals surface area (Å²) in [5, 5.41) is 0. The Morgan fingerprint density at radius 2 is 1.83 bits per heavy atom. The minimum Gasteiger partial charge on any atom is -0.376 e. The topological polar surface area (TPSA) is 37.7 Å². The van der Waals surface area contributed by atoms with E-state index in [4.69, 9.17) is 4.74 Å². The first-order valence-electron chi connectivity index (χ1n) is 11.3. The minimum atomic E-state index is 0.244. The third-order valence-electron chi connectivity index (χ3n) is 6.61. The molecule has 0 amide bonds. The smallest absolute Gasteiger partial charge is 0.178 e. The molecule has 1 aromatic heterocycles. The van der Waals surface area contributed by atoms with Gasteiger partial charge in [-0.3, -0.25) is 14.6 Å². The van der Waals surface area contributed by atoms with Gasteiger partial charge in [-0.15, -0.1) is 0 Å². The molecule has 4 rings (SSSR count). The molecule has 0 unspecified atom stereocenters. The van der Waals surface area contributed by atoms with E-state index >= 15 is 0 Å². The lowest BCUT2D eigenvalue weighted by Gasteiger charge is -2.34. The quantitative estimate of drug-likeness (QED) is 0.655. The van der Waals surface area contributed by atoms with Gasteiger partial charge in [-0.25, -0.2) is 0 Å². The Bertz CT molecular complexity index is 875. The summed E-state index contributed by atoms with van der Waals surface area (Å²) in [7, 11) is 0. The van der Waals surface area contributed by atoms with Gasteiger partial charge in [0.15, 0.2) is 5.78 Å². The molecule has 1 aromatic carbocycles. The average molecular weight is 410 g/mol. The van der Waals surface area contributed by atoms with Crippen LogP contribution in [0.4, 0.5) is 0 Å². The maximum atomic E-state index is 13.0. The van der Waals surface area contributed by atoms with Crippen LogP contribution in [0, 0.1) is 20.8 Å². The largest absolute Gasteiger partial charge is 0.376 e. The highest BCUT2D eigenvalue weighted by Gasteiger charge is 2.24. The summed E-state index contributed by atoms with van der Waals surface area (Å²) in [6.07, 6.45) is 2.55. The van der Waals surface area contributed by atoms with Crippen LogP contribution >= 0.6 is 0 Å². The number of nitrogens with zero attached hydrogens (tertiary/aromatic N) is 3. The first-order valence-corrected chi connectivity index (χ1v) is 11.3. The van der Waals surface area contributed by atoms with Crippen LogP contribution in [0.2, 0.25) is 0 Å². The van der Waals surface area contributed by atoms with Crippen molar-refractivity contribution in [3.05, 3.63) is 58.4 Å². The number of ether oxygens (including phenoxy) is 1. The Morgan fingerprint density at radius 1 is 1.07 bits per heavy atom. The Labute approximate surface area is 180 Å². The van der Waals surface area contributed by atoms with Gasteiger partial charge in [0.1, 0.15) is 0 Å². The van der Waals surface area contributed by atoms with Gasteiger partial charge in [-0.2, -0.15) is 0 Å². The van der Waals surface area contributed by atoms with E-state index in [1.807, 2.05) is 0 Å². The van der Waals surface area contributed by atoms with Gasteiger partial charge < -0.3 is 9.30 Å². The highest BCUT2D eigenvalue weighted by molar-refractivity contribution is 5.99. The third-order valence-corrected chi connectivity index (χ3v) is 6.61. The second-order valence-corrected chi connectivity index (χ2v) is 8.99. The summed E-state index contributed by atoms with van der Waals surface area (Å²) in [5.74, 6) is 0.244. The van der Waals surface area contributed by atoms with Crippen molar-refractivity contribution in [1.29, 1.82) is 0 Å². The van der Waals surface area contributed by atoms with Crippen LogP contribution in [0.5, 0.6) is 0 Å². The van der Waals surface area contributed by atoms with Crippen LogP contribution in [0.3, 0.4) is 0 Å². The monoisotopic (exact) mass is 409 g/mol. The van der Waals surface area contributed by atoms with Crippen LogP contribution < -0.4 is 0 Å². The molecule has 0 N–H and O–H groups in total. The van der Waals surface area contributed by atoms with Gasteiger partial charge in [0.2, 0.25) is 0 Å². The van der Waals surface area contributed by atoms with E-state index in [9.17, 15) is 4.79 Å². The highest BCUT2D eigenvalue weighted by atomic mass is 16.5. The predicted octanol–water partition coefficient (Wildman–Crippen LogP) is 3.59. The number of carbonyl (C=O) groups excluding carboxylic acids is 1. The molecule has 5 heteroatoms. The molecule has 0 saturated carbocycles. The van der Waals surface area contributed by atoms with Crippen molar-refractivity contribution in [2.24, 2.45) is 0 Å². The number of aromatic nitrogens is 1. The minimum absolute atomic E-state index is 0.244. The summed E-state index contributed by atoms with van der Waals surface area (Å²) in [6, 6.07) is 10.8. The predicted molar refractivity (Wildman–Crippen MR) is 120 cm³/mol. The standard InChI is InChI=1S/C25H35N3O2/c1-19-6-4-7-22(14-19)16-26-9-11-27(12-10-26)18-25(29)24-15-20(2)28(21(24)3)17-23-8-5-13-30-23/h4,6-7,14-15,23H,5,8-13,16-18H2,1-3H3/t23-/m0/s1. The SMILES string of the molecule is Cc1cccc(CN2CCN(CC(=O)c3cc(C)n(C[C@@H]4CCCO4)c3C)CC2)c1. The van der Waals surface area contributed by atoms with Crippen molar-refractivity contribution in [3.8, 4) is 0 Å². The first-order chi connectivity index (χ1) is 14.5. The number of rotatable bonds is 7. The van der Waals surface area contributed by atoms with E-state index < -0.39 is 0 Å². The zero-order chi connectivity index (χ0) is 21.1. The van der Waals surface area contributed by atoms with Gasteiger partial charge in [-0.05, 0) is 45.2 Å². The molecule has 0 spiro atoms. The second kappa shape index (κ2) is 9.46. The molecule has 0 radical (unpaired) electrons. The fourth-order valence-electron chi connectivity index (χ4n) is 4.82. The molecular weight excluding hydrogens is 374 g/mol. The van der Waals surface area contributed by atoms with E-state index in [1.165, 1.54) is 11.1 Å². The van der Waals surface area contributed by atoms with Gasteiger partial charge >= 0.3 is 0 Å². The number of aryl methyl sites for hydroxylation is 2. The number of Topliss-reactive ketones (excluding diaryl/α,β-unsaturated/α-hetero) is 1. The van der Waals surface area contributed by atoms with E-state index in [0.717, 1.165) is 75.7 Å². The molecule has 3 heterocycles. The molecule has 0 aliphatic carbocycles. The third kappa shape index (κ3) is 5.02. The summed E-state index contributed by atoms with van der Waals surface area (Å²) < 4.78 is 8.07. The molecule has 2 fully saturated rings. The maximum absolute atomic E-state index is 13.0. The van der Waals surface area contributed by atoms with Crippen molar-refractivity contribution >= 4 is 5.78 Å². The van der Waals surface area contributed by atoms with Crippen LogP contribution in [-0.2, 0) is 17.8 Å². The lowest BCUT2D eigenvalue weighted by molar-refractivity contribution is 0.0841. The number of carbonyl (C=O) groups is 1. The molecule has 2 saturated heterocycles. The number of hydrogen-bond acceptors (Lipinski definition) is 4.